The number of ether oxygens (including phenoxy) is 1. The summed E-state index contributed by atoms with van der Waals surface area (Å²) in [5.74, 6) is 1.55. The molecular weight excluding hydrogens is 278 g/mol. The van der Waals surface area contributed by atoms with E-state index in [0.717, 1.165) is 4.88 Å². The van der Waals surface area contributed by atoms with E-state index in [1.807, 2.05) is 17.5 Å². The second-order valence-electron chi connectivity index (χ2n) is 3.93. The van der Waals surface area contributed by atoms with Crippen LogP contribution >= 0.6 is 11.3 Å². The highest BCUT2D eigenvalue weighted by atomic mass is 32.1. The Bertz CT molecular complexity index is 664. The quantitative estimate of drug-likeness (QED) is 0.776. The van der Waals surface area contributed by atoms with Gasteiger partial charge in [-0.3, -0.25) is 4.98 Å². The first-order valence-electron chi connectivity index (χ1n) is 5.90. The molecule has 0 atom stereocenters. The number of thiophene rings is 1. The van der Waals surface area contributed by atoms with E-state index in [4.69, 9.17) is 14.4 Å². The van der Waals surface area contributed by atoms with E-state index in [1.54, 1.807) is 18.3 Å². The van der Waals surface area contributed by atoms with Gasteiger partial charge in [-0.15, -0.1) is 11.3 Å². The molecule has 3 rings (SSSR count). The van der Waals surface area contributed by atoms with Gasteiger partial charge in [0.05, 0.1) is 23.4 Å². The van der Waals surface area contributed by atoms with Gasteiger partial charge in [-0.2, -0.15) is 4.98 Å². The van der Waals surface area contributed by atoms with Gasteiger partial charge in [-0.05, 0) is 23.6 Å². The number of nitrogens with zero attached hydrogens (tertiary/aromatic N) is 3. The van der Waals surface area contributed by atoms with Gasteiger partial charge in [0.25, 0.3) is 5.89 Å². The zero-order valence-electron chi connectivity index (χ0n) is 10.4. The molecule has 1 N–H and O–H groups in total. The molecule has 0 radical (unpaired) electrons. The van der Waals surface area contributed by atoms with E-state index >= 15 is 0 Å². The van der Waals surface area contributed by atoms with Crippen molar-refractivity contribution < 1.29 is 14.4 Å². The third-order valence-electron chi connectivity index (χ3n) is 2.53. The van der Waals surface area contributed by atoms with Gasteiger partial charge in [0, 0.05) is 0 Å². The van der Waals surface area contributed by atoms with Crippen LogP contribution in [0.4, 0.5) is 0 Å². The number of aliphatic hydroxyl groups is 1. The van der Waals surface area contributed by atoms with Crippen LogP contribution in [-0.2, 0) is 13.2 Å². The van der Waals surface area contributed by atoms with Crippen molar-refractivity contribution in [2.24, 2.45) is 0 Å². The van der Waals surface area contributed by atoms with Crippen LogP contribution in [0.3, 0.4) is 0 Å². The fourth-order valence-corrected chi connectivity index (χ4v) is 2.20. The van der Waals surface area contributed by atoms with Gasteiger partial charge >= 0.3 is 0 Å². The van der Waals surface area contributed by atoms with Gasteiger partial charge in [0.1, 0.15) is 5.75 Å². The molecule has 0 bridgehead atoms. The normalized spacial score (nSPS) is 10.7. The molecule has 3 aromatic rings. The maximum absolute atomic E-state index is 8.89. The standard InChI is InChI=1S/C13H11N3O3S/c17-7-9-3-4-10(6-14-9)18-8-12-15-13(19-16-12)11-2-1-5-20-11/h1-6,17H,7-8H2. The molecule has 0 aliphatic heterocycles. The Labute approximate surface area is 118 Å². The van der Waals surface area contributed by atoms with Gasteiger partial charge in [0.15, 0.2) is 6.61 Å². The van der Waals surface area contributed by atoms with Gasteiger partial charge < -0.3 is 14.4 Å². The summed E-state index contributed by atoms with van der Waals surface area (Å²) in [6.45, 7) is 0.115. The van der Waals surface area contributed by atoms with Gasteiger partial charge in [-0.25, -0.2) is 0 Å². The Kier molecular flexibility index (Phi) is 3.71. The molecule has 3 heterocycles. The minimum Gasteiger partial charge on any atom is -0.484 e. The highest BCUT2D eigenvalue weighted by Crippen LogP contribution is 2.22. The molecule has 0 aromatic carbocycles. The summed E-state index contributed by atoms with van der Waals surface area (Å²) in [5.41, 5.74) is 0.594. The summed E-state index contributed by atoms with van der Waals surface area (Å²) in [6, 6.07) is 7.27. The lowest BCUT2D eigenvalue weighted by molar-refractivity contribution is 0.273. The SMILES string of the molecule is OCc1ccc(OCc2noc(-c3cccs3)n2)cn1. The molecule has 0 unspecified atom stereocenters. The lowest BCUT2D eigenvalue weighted by Crippen LogP contribution is -1.98. The third kappa shape index (κ3) is 2.84. The number of hydrogen-bond donors (Lipinski definition) is 1. The zero-order chi connectivity index (χ0) is 13.8. The number of pyridine rings is 1. The second kappa shape index (κ2) is 5.81. The Morgan fingerprint density at radius 3 is 2.95 bits per heavy atom. The highest BCUT2D eigenvalue weighted by Gasteiger charge is 2.10. The molecule has 3 aromatic heterocycles. The highest BCUT2D eigenvalue weighted by molar-refractivity contribution is 7.13. The zero-order valence-corrected chi connectivity index (χ0v) is 11.2. The third-order valence-corrected chi connectivity index (χ3v) is 3.39. The first kappa shape index (κ1) is 12.8. The fraction of sp³-hybridized carbons (Fsp3) is 0.154. The van der Waals surface area contributed by atoms with Crippen LogP contribution < -0.4 is 4.74 Å². The van der Waals surface area contributed by atoms with Crippen molar-refractivity contribution in [1.29, 1.82) is 0 Å². The van der Waals surface area contributed by atoms with Crippen LogP contribution in [0, 0.1) is 0 Å². The molecule has 0 fully saturated rings. The van der Waals surface area contributed by atoms with Crippen molar-refractivity contribution >= 4 is 11.3 Å². The lowest BCUT2D eigenvalue weighted by Gasteiger charge is -2.02. The average Bonchev–Trinajstić information content (AvgIpc) is 3.16. The summed E-state index contributed by atoms with van der Waals surface area (Å²) in [6.07, 6.45) is 1.55. The molecule has 102 valence electrons. The lowest BCUT2D eigenvalue weighted by atomic mass is 10.3. The number of aliphatic hydroxyl groups excluding tert-OH is 1. The molecule has 0 aliphatic rings. The first-order chi connectivity index (χ1) is 9.85. The van der Waals surface area contributed by atoms with Gasteiger partial charge in [-0.1, -0.05) is 11.2 Å². The van der Waals surface area contributed by atoms with Crippen LogP contribution in [-0.4, -0.2) is 20.2 Å². The molecule has 0 amide bonds. The Morgan fingerprint density at radius 2 is 2.25 bits per heavy atom. The maximum atomic E-state index is 8.89. The van der Waals surface area contributed by atoms with E-state index in [0.29, 0.717) is 23.2 Å². The summed E-state index contributed by atoms with van der Waals surface area (Å²) in [5, 5.41) is 14.7. The molecule has 0 saturated carbocycles. The maximum Gasteiger partial charge on any atom is 0.268 e. The number of hydrogen-bond acceptors (Lipinski definition) is 7. The van der Waals surface area contributed by atoms with E-state index < -0.39 is 0 Å². The Hall–Kier alpha value is -2.25. The Morgan fingerprint density at radius 1 is 1.30 bits per heavy atom. The molecule has 0 aliphatic carbocycles. The number of rotatable bonds is 5. The van der Waals surface area contributed by atoms with E-state index in [-0.39, 0.29) is 13.2 Å². The second-order valence-corrected chi connectivity index (χ2v) is 4.87. The topological polar surface area (TPSA) is 81.3 Å². The predicted molar refractivity (Wildman–Crippen MR) is 72.1 cm³/mol. The van der Waals surface area contributed by atoms with Crippen LogP contribution in [0.15, 0.2) is 40.4 Å². The van der Waals surface area contributed by atoms with Crippen molar-refractivity contribution in [1.82, 2.24) is 15.1 Å². The van der Waals surface area contributed by atoms with Crippen LogP contribution in [0.25, 0.3) is 10.8 Å². The Balaban J connectivity index is 1.63. The molecular formula is C13H11N3O3S. The average molecular weight is 289 g/mol. The van der Waals surface area contributed by atoms with Gasteiger partial charge in [0.2, 0.25) is 5.82 Å². The summed E-state index contributed by atoms with van der Waals surface area (Å²) in [4.78, 5) is 9.19. The van der Waals surface area contributed by atoms with E-state index in [1.165, 1.54) is 11.3 Å². The van der Waals surface area contributed by atoms with E-state index in [9.17, 15) is 0 Å². The molecule has 0 saturated heterocycles. The van der Waals surface area contributed by atoms with Crippen molar-refractivity contribution in [3.63, 3.8) is 0 Å². The minimum absolute atomic E-state index is 0.0880. The smallest absolute Gasteiger partial charge is 0.268 e. The molecule has 6 nitrogen and oxygen atoms in total. The predicted octanol–water partition coefficient (Wildman–Crippen LogP) is 2.26. The van der Waals surface area contributed by atoms with E-state index in [2.05, 4.69) is 15.1 Å². The minimum atomic E-state index is -0.0880. The van der Waals surface area contributed by atoms with Crippen molar-refractivity contribution in [3.05, 3.63) is 47.4 Å². The van der Waals surface area contributed by atoms with Crippen molar-refractivity contribution in [2.75, 3.05) is 0 Å². The molecule has 0 spiro atoms. The monoisotopic (exact) mass is 289 g/mol. The van der Waals surface area contributed by atoms with Crippen molar-refractivity contribution in [2.45, 2.75) is 13.2 Å². The largest absolute Gasteiger partial charge is 0.484 e. The number of aromatic nitrogens is 3. The summed E-state index contributed by atoms with van der Waals surface area (Å²) in [7, 11) is 0. The molecule has 20 heavy (non-hydrogen) atoms. The summed E-state index contributed by atoms with van der Waals surface area (Å²) >= 11 is 1.54. The van der Waals surface area contributed by atoms with Crippen LogP contribution in [0.5, 0.6) is 5.75 Å². The molecule has 7 heteroatoms. The first-order valence-corrected chi connectivity index (χ1v) is 6.78. The fourth-order valence-electron chi connectivity index (χ4n) is 1.55. The van der Waals surface area contributed by atoms with Crippen LogP contribution in [0.2, 0.25) is 0 Å². The summed E-state index contributed by atoms with van der Waals surface area (Å²) < 4.78 is 10.7. The van der Waals surface area contributed by atoms with Crippen molar-refractivity contribution in [3.8, 4) is 16.5 Å². The van der Waals surface area contributed by atoms with Crippen LogP contribution in [0.1, 0.15) is 11.5 Å².